The molecule has 0 aromatic heterocycles. The van der Waals surface area contributed by atoms with E-state index in [0.29, 0.717) is 5.92 Å². The fourth-order valence-electron chi connectivity index (χ4n) is 4.78. The molecule has 0 bridgehead atoms. The smallest absolute Gasteiger partial charge is 0.0926 e. The van der Waals surface area contributed by atoms with E-state index in [1.54, 1.807) is 0 Å². The Morgan fingerprint density at radius 2 is 1.89 bits per heavy atom. The monoisotopic (exact) mass is 387 g/mol. The summed E-state index contributed by atoms with van der Waals surface area (Å²) in [6.07, 6.45) is 2.56. The number of hydrogen-bond donors (Lipinski definition) is 2. The van der Waals surface area contributed by atoms with Gasteiger partial charge >= 0.3 is 0 Å². The van der Waals surface area contributed by atoms with Crippen molar-refractivity contribution in [3.05, 3.63) is 70.8 Å². The van der Waals surface area contributed by atoms with E-state index in [4.69, 9.17) is 4.74 Å². The van der Waals surface area contributed by atoms with Crippen LogP contribution in [0, 0.1) is 12.8 Å². The third-order valence-electron chi connectivity index (χ3n) is 6.29. The molecule has 1 saturated heterocycles. The van der Waals surface area contributed by atoms with Gasteiger partial charge in [-0.3, -0.25) is 0 Å². The molecule has 0 spiro atoms. The molecule has 2 aromatic carbocycles. The molecule has 4 atom stereocenters. The molecule has 0 aliphatic carbocycles. The highest BCUT2D eigenvalue weighted by Crippen LogP contribution is 2.41. The van der Waals surface area contributed by atoms with Gasteiger partial charge in [-0.2, -0.15) is 0 Å². The van der Waals surface area contributed by atoms with Gasteiger partial charge in [0.1, 0.15) is 0 Å². The van der Waals surface area contributed by atoms with Gasteiger partial charge in [0.2, 0.25) is 0 Å². The third kappa shape index (κ3) is 3.93. The number of aliphatic hydroxyl groups is 1. The van der Waals surface area contributed by atoms with Crippen LogP contribution in [0.5, 0.6) is 0 Å². The highest BCUT2D eigenvalue weighted by molar-refractivity contribution is 5.85. The molecule has 2 aliphatic heterocycles. The summed E-state index contributed by atoms with van der Waals surface area (Å²) in [6, 6.07) is 17.1. The average molecular weight is 388 g/mol. The summed E-state index contributed by atoms with van der Waals surface area (Å²) in [5.41, 5.74) is 4.20. The highest BCUT2D eigenvalue weighted by Gasteiger charge is 2.41. The minimum Gasteiger partial charge on any atom is -0.385 e. The number of ether oxygens (including phenoxy) is 1. The SMILES string of the molecule is Cc1ccccc1C1(O)CCNC(C(C)C2OCCc3ccccc32)C1.Cl. The Morgan fingerprint density at radius 3 is 2.70 bits per heavy atom. The zero-order valence-corrected chi connectivity index (χ0v) is 17.0. The number of nitrogens with one attached hydrogen (secondary N) is 1. The molecule has 4 unspecified atom stereocenters. The first-order valence-corrected chi connectivity index (χ1v) is 9.80. The molecule has 0 radical (unpaired) electrons. The lowest BCUT2D eigenvalue weighted by atomic mass is 9.75. The van der Waals surface area contributed by atoms with Crippen LogP contribution in [0.4, 0.5) is 0 Å². The number of benzene rings is 2. The van der Waals surface area contributed by atoms with Gasteiger partial charge in [-0.15, -0.1) is 12.4 Å². The Morgan fingerprint density at radius 1 is 1.15 bits per heavy atom. The zero-order valence-electron chi connectivity index (χ0n) is 16.2. The molecule has 4 heteroatoms. The third-order valence-corrected chi connectivity index (χ3v) is 6.29. The quantitative estimate of drug-likeness (QED) is 0.824. The Balaban J connectivity index is 0.00000210. The van der Waals surface area contributed by atoms with Gasteiger partial charge in [-0.05, 0) is 55.0 Å². The molecule has 1 fully saturated rings. The molecule has 2 aromatic rings. The number of halogens is 1. The molecule has 4 rings (SSSR count). The molecule has 2 N–H and O–H groups in total. The lowest BCUT2D eigenvalue weighted by Crippen LogP contribution is -2.50. The molecule has 27 heavy (non-hydrogen) atoms. The predicted molar refractivity (Wildman–Crippen MR) is 111 cm³/mol. The van der Waals surface area contributed by atoms with Crippen LogP contribution in [0.25, 0.3) is 0 Å². The van der Waals surface area contributed by atoms with Crippen molar-refractivity contribution in [2.45, 2.75) is 50.9 Å². The topological polar surface area (TPSA) is 41.5 Å². The van der Waals surface area contributed by atoms with Gasteiger partial charge in [0.05, 0.1) is 18.3 Å². The van der Waals surface area contributed by atoms with Crippen molar-refractivity contribution in [1.29, 1.82) is 0 Å². The molecular formula is C23H30ClNO2. The number of fused-ring (bicyclic) bond motifs is 1. The summed E-state index contributed by atoms with van der Waals surface area (Å²) in [4.78, 5) is 0. The first kappa shape index (κ1) is 20.3. The molecule has 0 saturated carbocycles. The number of piperidine rings is 1. The van der Waals surface area contributed by atoms with Crippen LogP contribution in [-0.4, -0.2) is 24.3 Å². The van der Waals surface area contributed by atoms with Gasteiger partial charge in [-0.25, -0.2) is 0 Å². The van der Waals surface area contributed by atoms with Gasteiger partial charge in [0.25, 0.3) is 0 Å². The second-order valence-corrected chi connectivity index (χ2v) is 7.96. The Kier molecular flexibility index (Phi) is 6.27. The van der Waals surface area contributed by atoms with E-state index in [0.717, 1.165) is 38.0 Å². The summed E-state index contributed by atoms with van der Waals surface area (Å²) < 4.78 is 6.20. The molecule has 2 heterocycles. The second-order valence-electron chi connectivity index (χ2n) is 7.96. The fourth-order valence-corrected chi connectivity index (χ4v) is 4.78. The Labute approximate surface area is 168 Å². The van der Waals surface area contributed by atoms with Crippen molar-refractivity contribution >= 4 is 12.4 Å². The van der Waals surface area contributed by atoms with Crippen LogP contribution in [0.3, 0.4) is 0 Å². The van der Waals surface area contributed by atoms with E-state index in [1.165, 1.54) is 16.7 Å². The van der Waals surface area contributed by atoms with Crippen LogP contribution in [0.1, 0.15) is 48.1 Å². The van der Waals surface area contributed by atoms with Crippen molar-refractivity contribution < 1.29 is 9.84 Å². The molecule has 146 valence electrons. The Bertz CT molecular complexity index is 780. The van der Waals surface area contributed by atoms with Gasteiger partial charge in [-0.1, -0.05) is 55.5 Å². The van der Waals surface area contributed by atoms with Crippen LogP contribution in [-0.2, 0) is 16.8 Å². The minimum absolute atomic E-state index is 0. The number of aryl methyl sites for hydroxylation is 1. The summed E-state index contributed by atoms with van der Waals surface area (Å²) >= 11 is 0. The van der Waals surface area contributed by atoms with Crippen molar-refractivity contribution in [3.8, 4) is 0 Å². The van der Waals surface area contributed by atoms with Crippen LogP contribution >= 0.6 is 12.4 Å². The van der Waals surface area contributed by atoms with Gasteiger partial charge < -0.3 is 15.2 Å². The summed E-state index contributed by atoms with van der Waals surface area (Å²) in [6.45, 7) is 5.96. The molecule has 0 amide bonds. The molecule has 2 aliphatic rings. The minimum atomic E-state index is -0.760. The predicted octanol–water partition coefficient (Wildman–Crippen LogP) is 4.31. The maximum Gasteiger partial charge on any atom is 0.0926 e. The Hall–Kier alpha value is -1.39. The normalized spacial score (nSPS) is 28.7. The van der Waals surface area contributed by atoms with Crippen molar-refractivity contribution in [1.82, 2.24) is 5.32 Å². The van der Waals surface area contributed by atoms with E-state index in [1.807, 2.05) is 12.1 Å². The van der Waals surface area contributed by atoms with E-state index in [2.05, 4.69) is 55.6 Å². The largest absolute Gasteiger partial charge is 0.385 e. The summed E-state index contributed by atoms with van der Waals surface area (Å²) in [5, 5.41) is 15.1. The zero-order chi connectivity index (χ0) is 18.1. The molecule has 3 nitrogen and oxygen atoms in total. The van der Waals surface area contributed by atoms with E-state index < -0.39 is 5.60 Å². The van der Waals surface area contributed by atoms with E-state index >= 15 is 0 Å². The number of hydrogen-bond acceptors (Lipinski definition) is 3. The lowest BCUT2D eigenvalue weighted by molar-refractivity contribution is -0.0494. The lowest BCUT2D eigenvalue weighted by Gasteiger charge is -2.43. The van der Waals surface area contributed by atoms with E-state index in [-0.39, 0.29) is 24.6 Å². The van der Waals surface area contributed by atoms with Crippen LogP contribution in [0.15, 0.2) is 48.5 Å². The van der Waals surface area contributed by atoms with Crippen molar-refractivity contribution in [2.24, 2.45) is 5.92 Å². The van der Waals surface area contributed by atoms with Gasteiger partial charge in [0.15, 0.2) is 0 Å². The standard InChI is InChI=1S/C23H29NO2.ClH/c1-16-7-3-6-10-20(16)23(25)12-13-24-21(15-23)17(2)22-19-9-5-4-8-18(19)11-14-26-22;/h3-10,17,21-22,24-25H,11-15H2,1-2H3;1H. The van der Waals surface area contributed by atoms with Gasteiger partial charge in [0, 0.05) is 12.0 Å². The van der Waals surface area contributed by atoms with Crippen molar-refractivity contribution in [2.75, 3.05) is 13.2 Å². The maximum atomic E-state index is 11.5. The summed E-state index contributed by atoms with van der Waals surface area (Å²) in [7, 11) is 0. The fraction of sp³-hybridized carbons (Fsp3) is 0.478. The second kappa shape index (κ2) is 8.32. The maximum absolute atomic E-state index is 11.5. The van der Waals surface area contributed by atoms with Crippen LogP contribution in [0.2, 0.25) is 0 Å². The number of rotatable bonds is 3. The van der Waals surface area contributed by atoms with Crippen molar-refractivity contribution in [3.63, 3.8) is 0 Å². The first-order valence-electron chi connectivity index (χ1n) is 9.80. The summed E-state index contributed by atoms with van der Waals surface area (Å²) in [5.74, 6) is 0.298. The molecular weight excluding hydrogens is 358 g/mol. The first-order chi connectivity index (χ1) is 12.6. The highest BCUT2D eigenvalue weighted by atomic mass is 35.5. The van der Waals surface area contributed by atoms with E-state index in [9.17, 15) is 5.11 Å². The van der Waals surface area contributed by atoms with Crippen LogP contribution < -0.4 is 5.32 Å². The average Bonchev–Trinajstić information content (AvgIpc) is 2.67.